The van der Waals surface area contributed by atoms with Crippen molar-refractivity contribution < 1.29 is 0 Å². The van der Waals surface area contributed by atoms with Gasteiger partial charge in [0.1, 0.15) is 0 Å². The molecule has 0 radical (unpaired) electrons. The summed E-state index contributed by atoms with van der Waals surface area (Å²) < 4.78 is 3.99. The first kappa shape index (κ1) is 12.6. The smallest absolute Gasteiger partial charge is 0.0657 e. The molecule has 0 spiro atoms. The molecule has 0 bridgehead atoms. The van der Waals surface area contributed by atoms with E-state index in [0.29, 0.717) is 0 Å². The van der Waals surface area contributed by atoms with Crippen LogP contribution in [-0.2, 0) is 0 Å². The van der Waals surface area contributed by atoms with Gasteiger partial charge in [-0.1, -0.05) is 56.1 Å². The molecule has 4 heteroatoms. The topological polar surface area (TPSA) is 17.8 Å². The minimum atomic E-state index is 1.03. The van der Waals surface area contributed by atoms with Crippen molar-refractivity contribution in [1.82, 2.24) is 9.78 Å². The maximum atomic E-state index is 4.42. The van der Waals surface area contributed by atoms with Crippen molar-refractivity contribution in [3.8, 4) is 16.8 Å². The number of rotatable bonds is 2. The highest BCUT2D eigenvalue weighted by atomic mass is 79.9. The first-order valence-electron chi connectivity index (χ1n) is 5.79. The number of nitrogens with zero attached hydrogens (tertiary/aromatic N) is 2. The Morgan fingerprint density at radius 1 is 0.947 bits per heavy atom. The van der Waals surface area contributed by atoms with Crippen molar-refractivity contribution in [2.24, 2.45) is 0 Å². The molecule has 0 saturated carbocycles. The molecule has 0 atom stereocenters. The Bertz CT molecular complexity index is 719. The molecule has 3 aromatic rings. The molecular formula is C15H10Br2N2. The zero-order chi connectivity index (χ0) is 13.2. The molecule has 0 aliphatic heterocycles. The second-order valence-electron chi connectivity index (χ2n) is 4.13. The van der Waals surface area contributed by atoms with Crippen LogP contribution in [0.25, 0.3) is 16.8 Å². The summed E-state index contributed by atoms with van der Waals surface area (Å²) in [5.41, 5.74) is 3.27. The summed E-state index contributed by atoms with van der Waals surface area (Å²) in [5, 5.41) is 4.42. The summed E-state index contributed by atoms with van der Waals surface area (Å²) >= 11 is 7.04. The predicted molar refractivity (Wildman–Crippen MR) is 84.4 cm³/mol. The maximum absolute atomic E-state index is 4.42. The molecule has 0 fully saturated rings. The molecule has 0 saturated heterocycles. The Labute approximate surface area is 128 Å². The first-order chi connectivity index (χ1) is 9.24. The van der Waals surface area contributed by atoms with E-state index in [1.165, 1.54) is 0 Å². The molecule has 19 heavy (non-hydrogen) atoms. The van der Waals surface area contributed by atoms with Gasteiger partial charge in [-0.05, 0) is 29.8 Å². The Hall–Kier alpha value is -1.39. The van der Waals surface area contributed by atoms with Crippen LogP contribution < -0.4 is 0 Å². The van der Waals surface area contributed by atoms with Crippen LogP contribution in [0.15, 0.2) is 69.9 Å². The summed E-state index contributed by atoms with van der Waals surface area (Å²) in [7, 11) is 0. The van der Waals surface area contributed by atoms with Gasteiger partial charge in [-0.3, -0.25) is 0 Å². The summed E-state index contributed by atoms with van der Waals surface area (Å²) in [6.45, 7) is 0. The molecule has 2 aromatic carbocycles. The van der Waals surface area contributed by atoms with Gasteiger partial charge < -0.3 is 0 Å². The molecule has 3 rings (SSSR count). The van der Waals surface area contributed by atoms with Crippen molar-refractivity contribution in [1.29, 1.82) is 0 Å². The van der Waals surface area contributed by atoms with E-state index in [1.54, 1.807) is 0 Å². The lowest BCUT2D eigenvalue weighted by Crippen LogP contribution is -1.93. The standard InChI is InChI=1S/C15H10Br2N2/c16-12-4-3-5-13(8-12)19-10-11(9-18-19)14-6-1-2-7-15(14)17/h1-10H. The van der Waals surface area contributed by atoms with Crippen LogP contribution in [0.5, 0.6) is 0 Å². The maximum Gasteiger partial charge on any atom is 0.0657 e. The number of benzene rings is 2. The van der Waals surface area contributed by atoms with Crippen LogP contribution in [0.2, 0.25) is 0 Å². The first-order valence-corrected chi connectivity index (χ1v) is 7.38. The number of halogens is 2. The minimum absolute atomic E-state index is 1.03. The average molecular weight is 378 g/mol. The monoisotopic (exact) mass is 376 g/mol. The van der Waals surface area contributed by atoms with Gasteiger partial charge in [0, 0.05) is 20.7 Å². The van der Waals surface area contributed by atoms with Crippen molar-refractivity contribution in [3.05, 3.63) is 69.9 Å². The highest BCUT2D eigenvalue weighted by Crippen LogP contribution is 2.28. The van der Waals surface area contributed by atoms with E-state index in [4.69, 9.17) is 0 Å². The van der Waals surface area contributed by atoms with Crippen molar-refractivity contribution in [2.45, 2.75) is 0 Å². The van der Waals surface area contributed by atoms with Crippen LogP contribution in [-0.4, -0.2) is 9.78 Å². The molecule has 94 valence electrons. The highest BCUT2D eigenvalue weighted by Gasteiger charge is 2.06. The normalized spacial score (nSPS) is 10.6. The van der Waals surface area contributed by atoms with E-state index >= 15 is 0 Å². The molecule has 0 aliphatic rings. The van der Waals surface area contributed by atoms with Crippen LogP contribution in [0, 0.1) is 0 Å². The summed E-state index contributed by atoms with van der Waals surface area (Å²) in [5.74, 6) is 0. The number of hydrogen-bond acceptors (Lipinski definition) is 1. The third-order valence-corrected chi connectivity index (χ3v) is 4.02. The third kappa shape index (κ3) is 2.65. The molecule has 1 aromatic heterocycles. The number of aromatic nitrogens is 2. The van der Waals surface area contributed by atoms with Crippen LogP contribution in [0.4, 0.5) is 0 Å². The lowest BCUT2D eigenvalue weighted by Gasteiger charge is -2.02. The van der Waals surface area contributed by atoms with Gasteiger partial charge in [-0.15, -0.1) is 0 Å². The van der Waals surface area contributed by atoms with Gasteiger partial charge in [-0.2, -0.15) is 5.10 Å². The quantitative estimate of drug-likeness (QED) is 0.610. The average Bonchev–Trinajstić information content (AvgIpc) is 2.89. The van der Waals surface area contributed by atoms with Crippen molar-refractivity contribution in [2.75, 3.05) is 0 Å². The highest BCUT2D eigenvalue weighted by molar-refractivity contribution is 9.10. The summed E-state index contributed by atoms with van der Waals surface area (Å²) in [6.07, 6.45) is 3.91. The summed E-state index contributed by atoms with van der Waals surface area (Å²) in [6, 6.07) is 16.2. The Morgan fingerprint density at radius 2 is 1.79 bits per heavy atom. The molecule has 2 nitrogen and oxygen atoms in total. The van der Waals surface area contributed by atoms with Crippen molar-refractivity contribution in [3.63, 3.8) is 0 Å². The lowest BCUT2D eigenvalue weighted by atomic mass is 10.1. The SMILES string of the molecule is Brc1cccc(-n2cc(-c3ccccc3Br)cn2)c1. The molecule has 0 N–H and O–H groups in total. The van der Waals surface area contributed by atoms with E-state index in [0.717, 1.165) is 25.8 Å². The molecule has 0 aliphatic carbocycles. The fraction of sp³-hybridized carbons (Fsp3) is 0. The second-order valence-corrected chi connectivity index (χ2v) is 5.90. The van der Waals surface area contributed by atoms with Gasteiger partial charge in [0.05, 0.1) is 11.9 Å². The second kappa shape index (κ2) is 5.31. The van der Waals surface area contributed by atoms with E-state index < -0.39 is 0 Å². The van der Waals surface area contributed by atoms with E-state index in [1.807, 2.05) is 59.5 Å². The largest absolute Gasteiger partial charge is 0.240 e. The van der Waals surface area contributed by atoms with E-state index in [2.05, 4.69) is 43.0 Å². The van der Waals surface area contributed by atoms with Crippen LogP contribution >= 0.6 is 31.9 Å². The Balaban J connectivity index is 2.03. The van der Waals surface area contributed by atoms with Gasteiger partial charge in [0.15, 0.2) is 0 Å². The number of hydrogen-bond donors (Lipinski definition) is 0. The van der Waals surface area contributed by atoms with Crippen LogP contribution in [0.1, 0.15) is 0 Å². The molecular weight excluding hydrogens is 368 g/mol. The molecule has 0 amide bonds. The van der Waals surface area contributed by atoms with Gasteiger partial charge in [0.2, 0.25) is 0 Å². The minimum Gasteiger partial charge on any atom is -0.240 e. The summed E-state index contributed by atoms with van der Waals surface area (Å²) in [4.78, 5) is 0. The lowest BCUT2D eigenvalue weighted by molar-refractivity contribution is 0.880. The van der Waals surface area contributed by atoms with E-state index in [-0.39, 0.29) is 0 Å². The zero-order valence-corrected chi connectivity index (χ0v) is 13.1. The third-order valence-electron chi connectivity index (χ3n) is 2.84. The van der Waals surface area contributed by atoms with Gasteiger partial charge in [-0.25, -0.2) is 4.68 Å². The molecule has 0 unspecified atom stereocenters. The predicted octanol–water partition coefficient (Wildman–Crippen LogP) is 5.06. The van der Waals surface area contributed by atoms with Crippen LogP contribution in [0.3, 0.4) is 0 Å². The fourth-order valence-electron chi connectivity index (χ4n) is 1.92. The van der Waals surface area contributed by atoms with Crippen molar-refractivity contribution >= 4 is 31.9 Å². The Morgan fingerprint density at radius 3 is 2.58 bits per heavy atom. The van der Waals surface area contributed by atoms with E-state index in [9.17, 15) is 0 Å². The Kier molecular flexibility index (Phi) is 3.53. The molecule has 1 heterocycles. The zero-order valence-electron chi connectivity index (χ0n) is 9.92. The fourth-order valence-corrected chi connectivity index (χ4v) is 2.82. The van der Waals surface area contributed by atoms with Gasteiger partial charge in [0.25, 0.3) is 0 Å². The van der Waals surface area contributed by atoms with Gasteiger partial charge >= 0.3 is 0 Å².